The summed E-state index contributed by atoms with van der Waals surface area (Å²) >= 11 is 0. The Kier molecular flexibility index (Phi) is 8.19. The lowest BCUT2D eigenvalue weighted by Crippen LogP contribution is -2.24. The Morgan fingerprint density at radius 2 is 1.87 bits per heavy atom. The van der Waals surface area contributed by atoms with Crippen LogP contribution in [-0.4, -0.2) is 28.7 Å². The van der Waals surface area contributed by atoms with E-state index in [1.54, 1.807) is 16.8 Å². The van der Waals surface area contributed by atoms with E-state index in [1.807, 2.05) is 49.4 Å². The zero-order valence-electron chi connectivity index (χ0n) is 22.6. The van der Waals surface area contributed by atoms with Crippen LogP contribution in [0.4, 0.5) is 5.69 Å². The first-order chi connectivity index (χ1) is 19.0. The van der Waals surface area contributed by atoms with Crippen LogP contribution in [0.25, 0.3) is 10.5 Å². The highest BCUT2D eigenvalue weighted by atomic mass is 16.5. The highest BCUT2D eigenvalue weighted by molar-refractivity contribution is 5.96. The largest absolute Gasteiger partial charge is 0.494 e. The Hall–Kier alpha value is -4.21. The summed E-state index contributed by atoms with van der Waals surface area (Å²) in [6, 6.07) is 25.7. The lowest BCUT2D eigenvalue weighted by molar-refractivity contribution is 0.0985. The van der Waals surface area contributed by atoms with E-state index in [0.29, 0.717) is 23.7 Å². The second-order valence-electron chi connectivity index (χ2n) is 10.3. The van der Waals surface area contributed by atoms with Gasteiger partial charge in [-0.2, -0.15) is 5.10 Å². The number of carbonyl (C=O) groups is 1. The third-order valence-corrected chi connectivity index (χ3v) is 6.96. The molecule has 0 amide bonds. The lowest BCUT2D eigenvalue weighted by atomic mass is 9.95. The molecule has 1 aliphatic rings. The fourth-order valence-corrected chi connectivity index (χ4v) is 4.76. The van der Waals surface area contributed by atoms with E-state index in [1.165, 1.54) is 18.4 Å². The molecule has 5 rings (SSSR count). The average Bonchev–Trinajstić information content (AvgIpc) is 3.71. The molecule has 0 radical (unpaired) electrons. The van der Waals surface area contributed by atoms with E-state index in [4.69, 9.17) is 11.3 Å². The van der Waals surface area contributed by atoms with Gasteiger partial charge in [0.1, 0.15) is 11.4 Å². The molecule has 0 spiro atoms. The van der Waals surface area contributed by atoms with Gasteiger partial charge in [0.05, 0.1) is 30.6 Å². The number of benzene rings is 3. The molecule has 1 heterocycles. The van der Waals surface area contributed by atoms with Crippen molar-refractivity contribution in [1.29, 1.82) is 0 Å². The quantitative estimate of drug-likeness (QED) is 0.161. The van der Waals surface area contributed by atoms with Crippen molar-refractivity contribution in [3.05, 3.63) is 118 Å². The van der Waals surface area contributed by atoms with Crippen molar-refractivity contribution in [1.82, 2.24) is 15.1 Å². The van der Waals surface area contributed by atoms with Crippen LogP contribution >= 0.6 is 0 Å². The summed E-state index contributed by atoms with van der Waals surface area (Å²) in [7, 11) is 0. The van der Waals surface area contributed by atoms with Crippen LogP contribution < -0.4 is 10.1 Å². The minimum atomic E-state index is -0.0131. The first-order valence-electron chi connectivity index (χ1n) is 13.7. The summed E-state index contributed by atoms with van der Waals surface area (Å²) in [6.07, 6.45) is 3.81. The molecule has 3 aromatic carbocycles. The number of aryl methyl sites for hydroxylation is 1. The van der Waals surface area contributed by atoms with E-state index in [9.17, 15) is 4.79 Å². The fourth-order valence-electron chi connectivity index (χ4n) is 4.76. The van der Waals surface area contributed by atoms with Crippen LogP contribution in [0.15, 0.2) is 78.9 Å². The van der Waals surface area contributed by atoms with E-state index in [-0.39, 0.29) is 18.2 Å². The highest BCUT2D eigenvalue weighted by Gasteiger charge is 2.24. The monoisotopic (exact) mass is 518 g/mol. The second kappa shape index (κ2) is 12.1. The summed E-state index contributed by atoms with van der Waals surface area (Å²) in [4.78, 5) is 17.0. The number of carbonyl (C=O) groups excluding carboxylic acids is 1. The summed E-state index contributed by atoms with van der Waals surface area (Å²) in [6.45, 7) is 13.0. The number of hydrogen-bond acceptors (Lipinski definition) is 4. The van der Waals surface area contributed by atoms with Gasteiger partial charge in [-0.05, 0) is 85.7 Å². The zero-order chi connectivity index (χ0) is 27.2. The molecule has 0 bridgehead atoms. The van der Waals surface area contributed by atoms with Gasteiger partial charge in [-0.1, -0.05) is 55.5 Å². The molecule has 1 N–H and O–H groups in total. The van der Waals surface area contributed by atoms with Crippen LogP contribution in [-0.2, 0) is 6.42 Å². The summed E-state index contributed by atoms with van der Waals surface area (Å²) in [5.41, 5.74) is 5.78. The van der Waals surface area contributed by atoms with Crippen molar-refractivity contribution >= 4 is 11.5 Å². The van der Waals surface area contributed by atoms with Crippen molar-refractivity contribution in [3.8, 4) is 11.4 Å². The molecule has 1 unspecified atom stereocenters. The maximum atomic E-state index is 13.5. The Morgan fingerprint density at radius 3 is 2.62 bits per heavy atom. The average molecular weight is 519 g/mol. The SMILES string of the molecule is [C-]#[N+]c1cccc(-n2nc(C)cc2C(=O)Cc2cccc(C(NCC3CC3)c3ccc(OCCC)cc3)c2)c1. The third kappa shape index (κ3) is 6.63. The Balaban J connectivity index is 1.38. The van der Waals surface area contributed by atoms with Crippen LogP contribution in [0.5, 0.6) is 5.75 Å². The van der Waals surface area contributed by atoms with Gasteiger partial charge in [-0.3, -0.25) is 4.79 Å². The van der Waals surface area contributed by atoms with Gasteiger partial charge >= 0.3 is 0 Å². The molecule has 1 aliphatic carbocycles. The lowest BCUT2D eigenvalue weighted by Gasteiger charge is -2.21. The summed E-state index contributed by atoms with van der Waals surface area (Å²) in [5, 5.41) is 8.32. The smallest absolute Gasteiger partial charge is 0.189 e. The second-order valence-corrected chi connectivity index (χ2v) is 10.3. The van der Waals surface area contributed by atoms with Gasteiger partial charge in [0, 0.05) is 6.42 Å². The molecule has 1 fully saturated rings. The van der Waals surface area contributed by atoms with E-state index in [2.05, 4.69) is 46.4 Å². The molecule has 6 nitrogen and oxygen atoms in total. The molecule has 0 aliphatic heterocycles. The molecule has 6 heteroatoms. The molecule has 1 aromatic heterocycles. The van der Waals surface area contributed by atoms with Crippen LogP contribution in [0.3, 0.4) is 0 Å². The number of rotatable bonds is 12. The van der Waals surface area contributed by atoms with Crippen LogP contribution in [0.1, 0.15) is 65.1 Å². The Labute approximate surface area is 230 Å². The predicted molar refractivity (Wildman–Crippen MR) is 154 cm³/mol. The molecule has 198 valence electrons. The number of nitrogens with zero attached hydrogens (tertiary/aromatic N) is 3. The maximum Gasteiger partial charge on any atom is 0.189 e. The third-order valence-electron chi connectivity index (χ3n) is 6.96. The van der Waals surface area contributed by atoms with Gasteiger partial charge in [0.2, 0.25) is 0 Å². The van der Waals surface area contributed by atoms with Crippen molar-refractivity contribution in [2.24, 2.45) is 5.92 Å². The Morgan fingerprint density at radius 1 is 1.08 bits per heavy atom. The minimum absolute atomic E-state index is 0.0131. The van der Waals surface area contributed by atoms with Gasteiger partial charge in [-0.25, -0.2) is 9.53 Å². The van der Waals surface area contributed by atoms with E-state index >= 15 is 0 Å². The van der Waals surface area contributed by atoms with Crippen molar-refractivity contribution in [3.63, 3.8) is 0 Å². The van der Waals surface area contributed by atoms with Crippen LogP contribution in [0.2, 0.25) is 0 Å². The van der Waals surface area contributed by atoms with Crippen molar-refractivity contribution in [2.75, 3.05) is 13.2 Å². The topological polar surface area (TPSA) is 60.5 Å². The summed E-state index contributed by atoms with van der Waals surface area (Å²) < 4.78 is 7.44. The molecule has 39 heavy (non-hydrogen) atoms. The van der Waals surface area contributed by atoms with E-state index in [0.717, 1.165) is 41.5 Å². The zero-order valence-corrected chi connectivity index (χ0v) is 22.6. The number of Topliss-reactive ketones (excluding diaryl/α,β-unsaturated/α-hetero) is 1. The Bertz CT molecular complexity index is 1480. The first-order valence-corrected chi connectivity index (χ1v) is 13.7. The molecule has 1 saturated carbocycles. The van der Waals surface area contributed by atoms with Gasteiger partial charge in [0.15, 0.2) is 11.5 Å². The van der Waals surface area contributed by atoms with Crippen LogP contribution in [0, 0.1) is 19.4 Å². The molecule has 0 saturated heterocycles. The van der Waals surface area contributed by atoms with Gasteiger partial charge < -0.3 is 10.1 Å². The number of nitrogens with one attached hydrogen (secondary N) is 1. The van der Waals surface area contributed by atoms with Gasteiger partial charge in [0.25, 0.3) is 0 Å². The predicted octanol–water partition coefficient (Wildman–Crippen LogP) is 7.03. The minimum Gasteiger partial charge on any atom is -0.494 e. The molecule has 4 aromatic rings. The number of ketones is 1. The fraction of sp³-hybridized carbons (Fsp3) is 0.303. The summed E-state index contributed by atoms with van der Waals surface area (Å²) in [5.74, 6) is 1.62. The first kappa shape index (κ1) is 26.4. The number of hydrogen-bond donors (Lipinski definition) is 1. The number of aromatic nitrogens is 2. The molecule has 1 atom stereocenters. The molecular formula is C33H34N4O2. The van der Waals surface area contributed by atoms with E-state index < -0.39 is 0 Å². The normalized spacial score (nSPS) is 13.6. The maximum absolute atomic E-state index is 13.5. The van der Waals surface area contributed by atoms with Gasteiger partial charge in [-0.15, -0.1) is 0 Å². The van der Waals surface area contributed by atoms with Crippen molar-refractivity contribution < 1.29 is 9.53 Å². The van der Waals surface area contributed by atoms with Crippen molar-refractivity contribution in [2.45, 2.75) is 45.6 Å². The number of ether oxygens (including phenoxy) is 1. The standard InChI is InChI=1S/C33H34N4O2/c1-4-17-39-30-15-13-26(14-16-30)33(35-22-24-11-12-24)27-8-5-7-25(19-27)20-32(38)31-18-23(2)36-37(31)29-10-6-9-28(21-29)34-3/h5-10,13-16,18-19,21,24,33,35H,4,11-12,17,20,22H2,1-2H3. The molecular weight excluding hydrogens is 484 g/mol. The highest BCUT2D eigenvalue weighted by Crippen LogP contribution is 2.31.